The van der Waals surface area contributed by atoms with Gasteiger partial charge in [-0.05, 0) is 24.6 Å². The lowest BCUT2D eigenvalue weighted by molar-refractivity contribution is 0.0697. The summed E-state index contributed by atoms with van der Waals surface area (Å²) in [6.07, 6.45) is 3.03. The van der Waals surface area contributed by atoms with Crippen molar-refractivity contribution in [1.29, 1.82) is 0 Å². The normalized spacial score (nSPS) is 11.1. The first-order chi connectivity index (χ1) is 10.2. The van der Waals surface area contributed by atoms with Crippen molar-refractivity contribution >= 4 is 17.0 Å². The molecule has 3 rings (SSSR count). The summed E-state index contributed by atoms with van der Waals surface area (Å²) in [7, 11) is 0. The largest absolute Gasteiger partial charge is 0.478 e. The minimum Gasteiger partial charge on any atom is -0.478 e. The molecule has 0 radical (unpaired) electrons. The Balaban J connectivity index is 2.10. The lowest BCUT2D eigenvalue weighted by atomic mass is 10.2. The van der Waals surface area contributed by atoms with Crippen LogP contribution in [0.2, 0.25) is 0 Å². The molecule has 21 heavy (non-hydrogen) atoms. The molecule has 0 aliphatic carbocycles. The van der Waals surface area contributed by atoms with Crippen LogP contribution in [0.3, 0.4) is 0 Å². The van der Waals surface area contributed by atoms with Gasteiger partial charge in [-0.2, -0.15) is 4.98 Å². The minimum atomic E-state index is -0.957. The topological polar surface area (TPSA) is 94.0 Å². The highest BCUT2D eigenvalue weighted by atomic mass is 16.5. The van der Waals surface area contributed by atoms with Crippen LogP contribution in [0.15, 0.2) is 29.1 Å². The van der Waals surface area contributed by atoms with Gasteiger partial charge in [0, 0.05) is 6.42 Å². The van der Waals surface area contributed by atoms with Crippen LogP contribution >= 0.6 is 0 Å². The van der Waals surface area contributed by atoms with Crippen molar-refractivity contribution in [2.75, 3.05) is 0 Å². The molecule has 1 aromatic carbocycles. The Kier molecular flexibility index (Phi) is 3.39. The maximum atomic E-state index is 11.1. The highest BCUT2D eigenvalue weighted by Crippen LogP contribution is 2.20. The Morgan fingerprint density at radius 2 is 2.29 bits per heavy atom. The number of imidazole rings is 1. The van der Waals surface area contributed by atoms with E-state index in [0.717, 1.165) is 24.2 Å². The average molecular weight is 286 g/mol. The van der Waals surface area contributed by atoms with E-state index in [-0.39, 0.29) is 5.56 Å². The van der Waals surface area contributed by atoms with Crippen molar-refractivity contribution in [3.63, 3.8) is 0 Å². The SMILES string of the molecule is CCCc1nc2cc(C(=O)O)ccc2n1Cc1ncon1. The fraction of sp³-hybridized carbons (Fsp3) is 0.286. The summed E-state index contributed by atoms with van der Waals surface area (Å²) >= 11 is 0. The summed E-state index contributed by atoms with van der Waals surface area (Å²) in [5.74, 6) is 0.496. The van der Waals surface area contributed by atoms with E-state index in [0.29, 0.717) is 17.9 Å². The van der Waals surface area contributed by atoms with E-state index >= 15 is 0 Å². The number of benzene rings is 1. The average Bonchev–Trinajstić information content (AvgIpc) is 3.08. The summed E-state index contributed by atoms with van der Waals surface area (Å²) in [6, 6.07) is 4.93. The van der Waals surface area contributed by atoms with Crippen LogP contribution in [0.1, 0.15) is 35.4 Å². The van der Waals surface area contributed by atoms with Gasteiger partial charge < -0.3 is 14.2 Å². The molecule has 3 aromatic rings. The molecular formula is C14H14N4O3. The van der Waals surface area contributed by atoms with Crippen LogP contribution in [0.25, 0.3) is 11.0 Å². The van der Waals surface area contributed by atoms with Gasteiger partial charge in [0.25, 0.3) is 0 Å². The number of hydrogen-bond acceptors (Lipinski definition) is 5. The monoisotopic (exact) mass is 286 g/mol. The Bertz CT molecular complexity index is 777. The van der Waals surface area contributed by atoms with Gasteiger partial charge >= 0.3 is 5.97 Å². The number of rotatable bonds is 5. The molecule has 0 atom stereocenters. The van der Waals surface area contributed by atoms with Crippen LogP contribution in [0, 0.1) is 0 Å². The summed E-state index contributed by atoms with van der Waals surface area (Å²) in [4.78, 5) is 19.6. The van der Waals surface area contributed by atoms with E-state index in [2.05, 4.69) is 22.0 Å². The standard InChI is InChI=1S/C14H14N4O3/c1-2-3-13-16-10-6-9(14(19)20)4-5-11(10)18(13)7-12-15-8-21-17-12/h4-6,8H,2-3,7H2,1H3,(H,19,20). The first-order valence-corrected chi connectivity index (χ1v) is 6.66. The Hall–Kier alpha value is -2.70. The fourth-order valence-corrected chi connectivity index (χ4v) is 2.31. The summed E-state index contributed by atoms with van der Waals surface area (Å²) in [5.41, 5.74) is 1.77. The molecule has 7 nitrogen and oxygen atoms in total. The van der Waals surface area contributed by atoms with Crippen molar-refractivity contribution < 1.29 is 14.4 Å². The molecule has 0 saturated carbocycles. The van der Waals surface area contributed by atoms with Crippen LogP contribution in [0.4, 0.5) is 0 Å². The highest BCUT2D eigenvalue weighted by molar-refractivity contribution is 5.92. The Morgan fingerprint density at radius 1 is 1.43 bits per heavy atom. The van der Waals surface area contributed by atoms with Gasteiger partial charge in [-0.15, -0.1) is 0 Å². The van der Waals surface area contributed by atoms with E-state index in [9.17, 15) is 4.79 Å². The van der Waals surface area contributed by atoms with Crippen molar-refractivity contribution in [3.8, 4) is 0 Å². The van der Waals surface area contributed by atoms with Gasteiger partial charge in [-0.25, -0.2) is 9.78 Å². The molecule has 0 aliphatic heterocycles. The molecule has 2 heterocycles. The molecule has 7 heteroatoms. The zero-order chi connectivity index (χ0) is 14.8. The third-order valence-electron chi connectivity index (χ3n) is 3.25. The number of hydrogen-bond donors (Lipinski definition) is 1. The maximum absolute atomic E-state index is 11.1. The van der Waals surface area contributed by atoms with E-state index in [1.54, 1.807) is 18.2 Å². The zero-order valence-electron chi connectivity index (χ0n) is 11.5. The predicted molar refractivity (Wildman–Crippen MR) is 74.1 cm³/mol. The van der Waals surface area contributed by atoms with E-state index < -0.39 is 5.97 Å². The highest BCUT2D eigenvalue weighted by Gasteiger charge is 2.14. The van der Waals surface area contributed by atoms with Gasteiger partial charge in [0.1, 0.15) is 5.82 Å². The molecule has 2 aromatic heterocycles. The lowest BCUT2D eigenvalue weighted by Gasteiger charge is -2.05. The van der Waals surface area contributed by atoms with Crippen LogP contribution < -0.4 is 0 Å². The summed E-state index contributed by atoms with van der Waals surface area (Å²) in [5, 5.41) is 12.9. The molecule has 0 fully saturated rings. The van der Waals surface area contributed by atoms with Gasteiger partial charge in [0.2, 0.25) is 6.39 Å². The van der Waals surface area contributed by atoms with Crippen LogP contribution in [0.5, 0.6) is 0 Å². The van der Waals surface area contributed by atoms with Gasteiger partial charge in [0.15, 0.2) is 5.82 Å². The zero-order valence-corrected chi connectivity index (χ0v) is 11.5. The van der Waals surface area contributed by atoms with E-state index in [1.807, 2.05) is 4.57 Å². The van der Waals surface area contributed by atoms with Gasteiger partial charge in [0.05, 0.1) is 23.1 Å². The van der Waals surface area contributed by atoms with E-state index in [4.69, 9.17) is 9.63 Å². The summed E-state index contributed by atoms with van der Waals surface area (Å²) < 4.78 is 6.75. The second kappa shape index (κ2) is 5.35. The second-order valence-electron chi connectivity index (χ2n) is 4.72. The lowest BCUT2D eigenvalue weighted by Crippen LogP contribution is -2.06. The molecule has 0 aliphatic rings. The van der Waals surface area contributed by atoms with Gasteiger partial charge in [-0.1, -0.05) is 12.1 Å². The van der Waals surface area contributed by atoms with E-state index in [1.165, 1.54) is 6.39 Å². The minimum absolute atomic E-state index is 0.231. The van der Waals surface area contributed by atoms with Crippen molar-refractivity contribution in [2.24, 2.45) is 0 Å². The number of fused-ring (bicyclic) bond motifs is 1. The number of carboxylic acid groups (broad SMARTS) is 1. The molecule has 0 bridgehead atoms. The number of carbonyl (C=O) groups is 1. The molecular weight excluding hydrogens is 272 g/mol. The molecule has 1 N–H and O–H groups in total. The van der Waals surface area contributed by atoms with Crippen molar-refractivity contribution in [3.05, 3.63) is 41.8 Å². The first kappa shape index (κ1) is 13.3. The molecule has 0 amide bonds. The predicted octanol–water partition coefficient (Wildman–Crippen LogP) is 2.12. The quantitative estimate of drug-likeness (QED) is 0.772. The second-order valence-corrected chi connectivity index (χ2v) is 4.72. The number of aromatic carboxylic acids is 1. The summed E-state index contributed by atoms with van der Waals surface area (Å²) in [6.45, 7) is 2.52. The maximum Gasteiger partial charge on any atom is 0.335 e. The smallest absolute Gasteiger partial charge is 0.335 e. The fourth-order valence-electron chi connectivity index (χ4n) is 2.31. The Morgan fingerprint density at radius 3 is 2.95 bits per heavy atom. The van der Waals surface area contributed by atoms with Crippen molar-refractivity contribution in [1.82, 2.24) is 19.7 Å². The van der Waals surface area contributed by atoms with Crippen LogP contribution in [-0.2, 0) is 13.0 Å². The molecule has 0 spiro atoms. The first-order valence-electron chi connectivity index (χ1n) is 6.66. The number of aromatic nitrogens is 4. The Labute approximate surface area is 120 Å². The number of carboxylic acids is 1. The third-order valence-corrected chi connectivity index (χ3v) is 3.25. The van der Waals surface area contributed by atoms with Crippen LogP contribution in [-0.4, -0.2) is 30.8 Å². The number of aryl methyl sites for hydroxylation is 1. The molecule has 0 unspecified atom stereocenters. The van der Waals surface area contributed by atoms with Gasteiger partial charge in [-0.3, -0.25) is 0 Å². The van der Waals surface area contributed by atoms with Crippen molar-refractivity contribution in [2.45, 2.75) is 26.3 Å². The number of nitrogens with zero attached hydrogens (tertiary/aromatic N) is 4. The molecule has 108 valence electrons. The third kappa shape index (κ3) is 2.49. The molecule has 0 saturated heterocycles.